The SMILES string of the molecule is CC(C)C=C[C@H](c1cc(C(F)(F)F)ccc1C(F)(F)F)N1CC[C@@H](CC(=O)O)C[C@H]1c1ccc(C(F)(F)F)cc1. The van der Waals surface area contributed by atoms with E-state index in [4.69, 9.17) is 0 Å². The number of alkyl halides is 9. The molecule has 1 fully saturated rings. The van der Waals surface area contributed by atoms with Crippen LogP contribution in [0.3, 0.4) is 0 Å². The summed E-state index contributed by atoms with van der Waals surface area (Å²) in [6.45, 7) is 3.47. The largest absolute Gasteiger partial charge is 0.481 e. The lowest BCUT2D eigenvalue weighted by Crippen LogP contribution is -2.40. The Bertz CT molecular complexity index is 1200. The van der Waals surface area contributed by atoms with Crippen LogP contribution in [-0.4, -0.2) is 22.5 Å². The lowest BCUT2D eigenvalue weighted by atomic mass is 9.82. The molecule has 1 aliphatic rings. The van der Waals surface area contributed by atoms with E-state index in [0.717, 1.165) is 12.1 Å². The van der Waals surface area contributed by atoms with Crippen LogP contribution in [0.1, 0.15) is 73.0 Å². The van der Waals surface area contributed by atoms with Crippen LogP contribution >= 0.6 is 0 Å². The Morgan fingerprint density at radius 2 is 1.48 bits per heavy atom. The van der Waals surface area contributed by atoms with Crippen LogP contribution in [-0.2, 0) is 23.3 Å². The summed E-state index contributed by atoms with van der Waals surface area (Å²) in [7, 11) is 0. The molecule has 40 heavy (non-hydrogen) atoms. The van der Waals surface area contributed by atoms with Gasteiger partial charge in [0, 0.05) is 12.5 Å². The van der Waals surface area contributed by atoms with Crippen molar-refractivity contribution in [2.24, 2.45) is 11.8 Å². The summed E-state index contributed by atoms with van der Waals surface area (Å²) in [5.41, 5.74) is -3.85. The predicted molar refractivity (Wildman–Crippen MR) is 129 cm³/mol. The standard InChI is InChI=1S/C28H28F9NO2/c1-16(2)3-10-23(21-15-20(27(32,33)34)8-9-22(21)28(35,36)37)38-12-11-17(14-25(39)40)13-24(38)18-4-6-19(7-5-18)26(29,30)31/h3-10,15-17,23-24H,11-14H2,1-2H3,(H,39,40)/t17-,23-,24+/m1/s1. The molecule has 0 aromatic heterocycles. The second-order valence-corrected chi connectivity index (χ2v) is 10.2. The molecule has 0 bridgehead atoms. The fraction of sp³-hybridized carbons (Fsp3) is 0.464. The highest BCUT2D eigenvalue weighted by atomic mass is 19.4. The monoisotopic (exact) mass is 581 g/mol. The maximum absolute atomic E-state index is 14.1. The molecule has 2 aromatic carbocycles. The second kappa shape index (κ2) is 11.8. The number of benzene rings is 2. The summed E-state index contributed by atoms with van der Waals surface area (Å²) in [5.74, 6) is -1.74. The summed E-state index contributed by atoms with van der Waals surface area (Å²) < 4.78 is 123. The number of aliphatic carboxylic acids is 1. The lowest BCUT2D eigenvalue weighted by Gasteiger charge is -2.44. The molecule has 0 saturated carbocycles. The van der Waals surface area contributed by atoms with Crippen LogP contribution in [0.4, 0.5) is 39.5 Å². The fourth-order valence-electron chi connectivity index (χ4n) is 5.01. The third kappa shape index (κ3) is 7.80. The van der Waals surface area contributed by atoms with Crippen molar-refractivity contribution in [2.75, 3.05) is 6.54 Å². The number of hydrogen-bond acceptors (Lipinski definition) is 2. The maximum atomic E-state index is 14.1. The Morgan fingerprint density at radius 3 is 1.98 bits per heavy atom. The maximum Gasteiger partial charge on any atom is 0.416 e. The van der Waals surface area contributed by atoms with Crippen molar-refractivity contribution in [1.29, 1.82) is 0 Å². The van der Waals surface area contributed by atoms with Crippen LogP contribution in [0.25, 0.3) is 0 Å². The predicted octanol–water partition coefficient (Wildman–Crippen LogP) is 8.92. The molecule has 2 aromatic rings. The molecule has 1 N–H and O–H groups in total. The first kappa shape index (κ1) is 31.5. The van der Waals surface area contributed by atoms with Crippen LogP contribution in [0.5, 0.6) is 0 Å². The van der Waals surface area contributed by atoms with E-state index in [-0.39, 0.29) is 37.3 Å². The number of rotatable bonds is 7. The first-order valence-electron chi connectivity index (χ1n) is 12.5. The van der Waals surface area contributed by atoms with Gasteiger partial charge >= 0.3 is 24.5 Å². The number of allylic oxidation sites excluding steroid dienone is 1. The topological polar surface area (TPSA) is 40.5 Å². The zero-order valence-corrected chi connectivity index (χ0v) is 21.5. The van der Waals surface area contributed by atoms with Gasteiger partial charge in [0.05, 0.1) is 22.7 Å². The number of nitrogens with zero attached hydrogens (tertiary/aromatic N) is 1. The summed E-state index contributed by atoms with van der Waals surface area (Å²) in [4.78, 5) is 12.9. The van der Waals surface area contributed by atoms with Crippen molar-refractivity contribution in [3.05, 3.63) is 82.4 Å². The molecule has 0 radical (unpaired) electrons. The number of hydrogen-bond donors (Lipinski definition) is 1. The molecule has 3 atom stereocenters. The number of piperidine rings is 1. The van der Waals surface area contributed by atoms with Crippen LogP contribution in [0.15, 0.2) is 54.6 Å². The highest BCUT2D eigenvalue weighted by Gasteiger charge is 2.42. The Kier molecular flexibility index (Phi) is 9.33. The molecule has 0 unspecified atom stereocenters. The molecule has 3 nitrogen and oxygen atoms in total. The van der Waals surface area contributed by atoms with E-state index in [1.807, 2.05) is 0 Å². The van der Waals surface area contributed by atoms with Gasteiger partial charge < -0.3 is 5.11 Å². The van der Waals surface area contributed by atoms with Gasteiger partial charge in [-0.25, -0.2) is 0 Å². The fourth-order valence-corrected chi connectivity index (χ4v) is 5.01. The zero-order valence-electron chi connectivity index (χ0n) is 21.5. The number of carboxylic acid groups (broad SMARTS) is 1. The minimum absolute atomic E-state index is 0.00425. The van der Waals surface area contributed by atoms with E-state index in [9.17, 15) is 49.4 Å². The number of carbonyl (C=O) groups is 1. The van der Waals surface area contributed by atoms with E-state index >= 15 is 0 Å². The molecule has 3 rings (SSSR count). The summed E-state index contributed by atoms with van der Waals surface area (Å²) in [6.07, 6.45) is -11.6. The van der Waals surface area contributed by atoms with Gasteiger partial charge in [0.2, 0.25) is 0 Å². The molecule has 0 spiro atoms. The quantitative estimate of drug-likeness (QED) is 0.262. The van der Waals surface area contributed by atoms with Gasteiger partial charge in [-0.15, -0.1) is 0 Å². The van der Waals surface area contributed by atoms with Crippen LogP contribution in [0.2, 0.25) is 0 Å². The van der Waals surface area contributed by atoms with E-state index in [0.29, 0.717) is 18.2 Å². The van der Waals surface area contributed by atoms with E-state index in [1.165, 1.54) is 23.1 Å². The minimum Gasteiger partial charge on any atom is -0.481 e. The van der Waals surface area contributed by atoms with Gasteiger partial charge in [-0.05, 0) is 72.7 Å². The third-order valence-electron chi connectivity index (χ3n) is 6.88. The highest BCUT2D eigenvalue weighted by Crippen LogP contribution is 2.46. The molecule has 1 heterocycles. The molecule has 0 amide bonds. The number of likely N-dealkylation sites (tertiary alicyclic amines) is 1. The van der Waals surface area contributed by atoms with Crippen molar-refractivity contribution in [3.63, 3.8) is 0 Å². The average molecular weight is 582 g/mol. The third-order valence-corrected chi connectivity index (χ3v) is 6.88. The lowest BCUT2D eigenvalue weighted by molar-refractivity contribution is -0.142. The number of halogens is 9. The van der Waals surface area contributed by atoms with E-state index in [1.54, 1.807) is 19.9 Å². The molecular weight excluding hydrogens is 553 g/mol. The Labute approximate surface area is 225 Å². The first-order valence-corrected chi connectivity index (χ1v) is 12.5. The summed E-state index contributed by atoms with van der Waals surface area (Å²) in [5, 5.41) is 9.30. The van der Waals surface area contributed by atoms with Gasteiger partial charge in [-0.1, -0.05) is 38.1 Å². The Morgan fingerprint density at radius 1 is 0.900 bits per heavy atom. The van der Waals surface area contributed by atoms with Crippen LogP contribution in [0, 0.1) is 11.8 Å². The second-order valence-electron chi connectivity index (χ2n) is 10.2. The van der Waals surface area contributed by atoms with Crippen molar-refractivity contribution in [2.45, 2.75) is 63.7 Å². The van der Waals surface area contributed by atoms with Crippen LogP contribution < -0.4 is 0 Å². The van der Waals surface area contributed by atoms with Gasteiger partial charge in [-0.3, -0.25) is 9.69 Å². The molecule has 1 saturated heterocycles. The van der Waals surface area contributed by atoms with Gasteiger partial charge in [0.15, 0.2) is 0 Å². The minimum atomic E-state index is -4.99. The van der Waals surface area contributed by atoms with Gasteiger partial charge in [0.25, 0.3) is 0 Å². The zero-order chi connectivity index (χ0) is 30.0. The van der Waals surface area contributed by atoms with E-state index < -0.39 is 64.8 Å². The van der Waals surface area contributed by atoms with Gasteiger partial charge in [-0.2, -0.15) is 39.5 Å². The molecular formula is C28H28F9NO2. The molecule has 12 heteroatoms. The summed E-state index contributed by atoms with van der Waals surface area (Å²) in [6, 6.07) is 2.99. The Hall–Kier alpha value is -3.02. The Balaban J connectivity index is 2.21. The highest BCUT2D eigenvalue weighted by molar-refractivity contribution is 5.67. The van der Waals surface area contributed by atoms with E-state index in [2.05, 4.69) is 0 Å². The first-order chi connectivity index (χ1) is 18.4. The van der Waals surface area contributed by atoms with Crippen molar-refractivity contribution >= 4 is 5.97 Å². The van der Waals surface area contributed by atoms with Crippen molar-refractivity contribution in [1.82, 2.24) is 4.90 Å². The van der Waals surface area contributed by atoms with Crippen molar-refractivity contribution in [3.8, 4) is 0 Å². The normalized spacial score (nSPS) is 20.3. The molecule has 220 valence electrons. The average Bonchev–Trinajstić information content (AvgIpc) is 2.82. The smallest absolute Gasteiger partial charge is 0.416 e. The van der Waals surface area contributed by atoms with Crippen molar-refractivity contribution < 1.29 is 49.4 Å². The molecule has 0 aliphatic carbocycles. The number of carboxylic acids is 1. The molecule has 1 aliphatic heterocycles. The van der Waals surface area contributed by atoms with Gasteiger partial charge in [0.1, 0.15) is 0 Å². The summed E-state index contributed by atoms with van der Waals surface area (Å²) >= 11 is 0.